The molecule has 6 heteroatoms. The lowest BCUT2D eigenvalue weighted by atomic mass is 9.83. The van der Waals surface area contributed by atoms with Gasteiger partial charge in [0.25, 0.3) is 0 Å². The molecule has 0 amide bonds. The maximum Gasteiger partial charge on any atom is 0.308 e. The van der Waals surface area contributed by atoms with Gasteiger partial charge in [-0.25, -0.2) is 0 Å². The number of fused-ring (bicyclic) bond motifs is 1. The van der Waals surface area contributed by atoms with Crippen molar-refractivity contribution in [2.24, 2.45) is 0 Å². The minimum atomic E-state index is -1.63. The summed E-state index contributed by atoms with van der Waals surface area (Å²) >= 11 is 0. The van der Waals surface area contributed by atoms with E-state index in [1.54, 1.807) is 42.5 Å². The van der Waals surface area contributed by atoms with Crippen molar-refractivity contribution in [1.29, 1.82) is 0 Å². The minimum absolute atomic E-state index is 0.0714. The highest BCUT2D eigenvalue weighted by atomic mass is 16.6. The average Bonchev–Trinajstić information content (AvgIpc) is 2.57. The van der Waals surface area contributed by atoms with Crippen molar-refractivity contribution in [1.82, 2.24) is 0 Å². The summed E-state index contributed by atoms with van der Waals surface area (Å²) in [7, 11) is 0. The van der Waals surface area contributed by atoms with Crippen LogP contribution in [0.5, 0.6) is 11.5 Å². The van der Waals surface area contributed by atoms with Crippen LogP contribution in [0.3, 0.4) is 0 Å². The number of hydrogen-bond acceptors (Lipinski definition) is 6. The Kier molecular flexibility index (Phi) is 4.27. The van der Waals surface area contributed by atoms with Crippen LogP contribution in [0.1, 0.15) is 29.8 Å². The third kappa shape index (κ3) is 2.98. The van der Waals surface area contributed by atoms with Crippen LogP contribution in [-0.4, -0.2) is 24.3 Å². The second kappa shape index (κ2) is 6.39. The van der Waals surface area contributed by atoms with Gasteiger partial charge in [-0.15, -0.1) is 0 Å². The topological polar surface area (TPSA) is 78.9 Å². The van der Waals surface area contributed by atoms with E-state index in [9.17, 15) is 14.4 Å². The van der Waals surface area contributed by atoms with Crippen LogP contribution in [0.15, 0.2) is 48.5 Å². The molecule has 0 aliphatic carbocycles. The number of carbonyl (C=O) groups is 3. The standard InChI is InChI=1S/C19H16O6/c1-12(20)24-16-10-6-9-15-17(16)18(22)19(11-23-15,25-13(2)21)14-7-4-3-5-8-14/h3-10H,11H2,1-2H3. The molecule has 0 spiro atoms. The van der Waals surface area contributed by atoms with Gasteiger partial charge in [-0.1, -0.05) is 36.4 Å². The molecule has 1 atom stereocenters. The molecule has 0 saturated carbocycles. The molecule has 0 N–H and O–H groups in total. The molecule has 2 aromatic rings. The van der Waals surface area contributed by atoms with E-state index in [2.05, 4.69) is 0 Å². The summed E-state index contributed by atoms with van der Waals surface area (Å²) in [6.07, 6.45) is 0. The lowest BCUT2D eigenvalue weighted by molar-refractivity contribution is -0.157. The van der Waals surface area contributed by atoms with Gasteiger partial charge in [0.05, 0.1) is 0 Å². The third-order valence-corrected chi connectivity index (χ3v) is 3.82. The van der Waals surface area contributed by atoms with E-state index in [0.29, 0.717) is 5.56 Å². The second-order valence-corrected chi connectivity index (χ2v) is 5.63. The van der Waals surface area contributed by atoms with Gasteiger partial charge in [0, 0.05) is 19.4 Å². The molecule has 2 aromatic carbocycles. The van der Waals surface area contributed by atoms with E-state index in [4.69, 9.17) is 14.2 Å². The zero-order chi connectivity index (χ0) is 18.0. The van der Waals surface area contributed by atoms with Crippen LogP contribution in [0, 0.1) is 0 Å². The predicted octanol–water partition coefficient (Wildman–Crippen LogP) is 2.65. The predicted molar refractivity (Wildman–Crippen MR) is 87.5 cm³/mol. The SMILES string of the molecule is CC(=O)Oc1cccc2c1C(=O)C(OC(C)=O)(c1ccccc1)CO2. The number of rotatable bonds is 3. The molecular weight excluding hydrogens is 324 g/mol. The van der Waals surface area contributed by atoms with Gasteiger partial charge in [0.1, 0.15) is 23.7 Å². The highest BCUT2D eigenvalue weighted by Gasteiger charge is 2.50. The van der Waals surface area contributed by atoms with Crippen LogP contribution in [-0.2, 0) is 19.9 Å². The summed E-state index contributed by atoms with van der Waals surface area (Å²) in [5.41, 5.74) is -1.07. The third-order valence-electron chi connectivity index (χ3n) is 3.82. The van der Waals surface area contributed by atoms with Crippen molar-refractivity contribution in [2.45, 2.75) is 19.4 Å². The number of ether oxygens (including phenoxy) is 3. The quantitative estimate of drug-likeness (QED) is 0.631. The van der Waals surface area contributed by atoms with Crippen molar-refractivity contribution in [3.05, 3.63) is 59.7 Å². The molecular formula is C19H16O6. The molecule has 1 aliphatic rings. The van der Waals surface area contributed by atoms with Gasteiger partial charge in [0.15, 0.2) is 0 Å². The Morgan fingerprint density at radius 3 is 2.36 bits per heavy atom. The van der Waals surface area contributed by atoms with E-state index in [0.717, 1.165) is 0 Å². The van der Waals surface area contributed by atoms with Crippen molar-refractivity contribution in [3.63, 3.8) is 0 Å². The maximum atomic E-state index is 13.3. The Bertz CT molecular complexity index is 842. The van der Waals surface area contributed by atoms with E-state index < -0.39 is 23.3 Å². The summed E-state index contributed by atoms with van der Waals surface area (Å²) < 4.78 is 16.3. The Morgan fingerprint density at radius 1 is 1.00 bits per heavy atom. The highest BCUT2D eigenvalue weighted by molar-refractivity contribution is 6.09. The minimum Gasteiger partial charge on any atom is -0.488 e. The van der Waals surface area contributed by atoms with Gasteiger partial charge < -0.3 is 14.2 Å². The first-order chi connectivity index (χ1) is 11.9. The number of esters is 2. The number of ketones is 1. The lowest BCUT2D eigenvalue weighted by Crippen LogP contribution is -2.48. The van der Waals surface area contributed by atoms with E-state index in [1.807, 2.05) is 0 Å². The summed E-state index contributed by atoms with van der Waals surface area (Å²) in [6.45, 7) is 2.31. The zero-order valence-electron chi connectivity index (χ0n) is 13.8. The van der Waals surface area contributed by atoms with Crippen LogP contribution in [0.4, 0.5) is 0 Å². The fraction of sp³-hybridized carbons (Fsp3) is 0.211. The fourth-order valence-electron chi connectivity index (χ4n) is 2.84. The van der Waals surface area contributed by atoms with Crippen molar-refractivity contribution in [2.75, 3.05) is 6.61 Å². The lowest BCUT2D eigenvalue weighted by Gasteiger charge is -2.36. The summed E-state index contributed by atoms with van der Waals surface area (Å²) in [5.74, 6) is -1.32. The van der Waals surface area contributed by atoms with Crippen molar-refractivity contribution in [3.8, 4) is 11.5 Å². The number of benzene rings is 2. The van der Waals surface area contributed by atoms with Gasteiger partial charge >= 0.3 is 11.9 Å². The Morgan fingerprint density at radius 2 is 1.72 bits per heavy atom. The molecule has 0 saturated heterocycles. The molecule has 0 fully saturated rings. The molecule has 0 radical (unpaired) electrons. The maximum absolute atomic E-state index is 13.3. The smallest absolute Gasteiger partial charge is 0.308 e. The number of Topliss-reactive ketones (excluding diaryl/α,β-unsaturated/α-hetero) is 1. The van der Waals surface area contributed by atoms with E-state index in [-0.39, 0.29) is 23.7 Å². The fourth-order valence-corrected chi connectivity index (χ4v) is 2.84. The van der Waals surface area contributed by atoms with Gasteiger partial charge in [-0.05, 0) is 12.1 Å². The van der Waals surface area contributed by atoms with Gasteiger partial charge in [0.2, 0.25) is 11.4 Å². The first-order valence-electron chi connectivity index (χ1n) is 7.68. The van der Waals surface area contributed by atoms with Gasteiger partial charge in [-0.3, -0.25) is 14.4 Å². The van der Waals surface area contributed by atoms with Crippen LogP contribution >= 0.6 is 0 Å². The summed E-state index contributed by atoms with van der Waals surface area (Å²) in [5, 5.41) is 0. The van der Waals surface area contributed by atoms with E-state index >= 15 is 0 Å². The Labute approximate surface area is 144 Å². The van der Waals surface area contributed by atoms with Crippen LogP contribution in [0.25, 0.3) is 0 Å². The molecule has 0 aromatic heterocycles. The highest BCUT2D eigenvalue weighted by Crippen LogP contribution is 2.42. The Hall–Kier alpha value is -3.15. The normalized spacial score (nSPS) is 18.7. The zero-order valence-corrected chi connectivity index (χ0v) is 13.8. The molecule has 128 valence electrons. The summed E-state index contributed by atoms with van der Waals surface area (Å²) in [4.78, 5) is 36.4. The molecule has 25 heavy (non-hydrogen) atoms. The largest absolute Gasteiger partial charge is 0.488 e. The first kappa shape index (κ1) is 16.7. The molecule has 1 unspecified atom stereocenters. The van der Waals surface area contributed by atoms with Crippen LogP contribution < -0.4 is 9.47 Å². The van der Waals surface area contributed by atoms with E-state index in [1.165, 1.54) is 19.9 Å². The Balaban J connectivity index is 2.17. The number of carbonyl (C=O) groups excluding carboxylic acids is 3. The van der Waals surface area contributed by atoms with Gasteiger partial charge in [-0.2, -0.15) is 0 Å². The van der Waals surface area contributed by atoms with Crippen molar-refractivity contribution >= 4 is 17.7 Å². The molecule has 1 aliphatic heterocycles. The molecule has 1 heterocycles. The van der Waals surface area contributed by atoms with Crippen molar-refractivity contribution < 1.29 is 28.6 Å². The average molecular weight is 340 g/mol. The first-order valence-corrected chi connectivity index (χ1v) is 7.68. The second-order valence-electron chi connectivity index (χ2n) is 5.63. The molecule has 3 rings (SSSR count). The monoisotopic (exact) mass is 340 g/mol. The molecule has 0 bridgehead atoms. The summed E-state index contributed by atoms with van der Waals surface area (Å²) in [6, 6.07) is 13.3. The number of hydrogen-bond donors (Lipinski definition) is 0. The van der Waals surface area contributed by atoms with Crippen LogP contribution in [0.2, 0.25) is 0 Å². The molecule has 6 nitrogen and oxygen atoms in total.